The zero-order valence-electron chi connectivity index (χ0n) is 8.30. The van der Waals surface area contributed by atoms with Gasteiger partial charge in [-0.15, -0.1) is 11.3 Å². The summed E-state index contributed by atoms with van der Waals surface area (Å²) in [5, 5.41) is 0. The fraction of sp³-hybridized carbons (Fsp3) is 0.429. The quantitative estimate of drug-likeness (QED) is 0.827. The molecule has 0 fully saturated rings. The average Bonchev–Trinajstić information content (AvgIpc) is 2.63. The van der Waals surface area contributed by atoms with Crippen LogP contribution in [0.3, 0.4) is 0 Å². The Hall–Kier alpha value is -0.150. The summed E-state index contributed by atoms with van der Waals surface area (Å²) in [4.78, 5) is 0.594. The van der Waals surface area contributed by atoms with Gasteiger partial charge in [0, 0.05) is 22.1 Å². The molecule has 0 amide bonds. The lowest BCUT2D eigenvalue weighted by molar-refractivity contribution is 0.583. The van der Waals surface area contributed by atoms with Crippen molar-refractivity contribution in [2.24, 2.45) is 0 Å². The molecule has 0 atom stereocenters. The van der Waals surface area contributed by atoms with Gasteiger partial charge < -0.3 is 0 Å². The number of rotatable bonds is 5. The summed E-state index contributed by atoms with van der Waals surface area (Å²) < 4.78 is 46.5. The van der Waals surface area contributed by atoms with Gasteiger partial charge in [0.15, 0.2) is 0 Å². The van der Waals surface area contributed by atoms with Crippen LogP contribution >= 0.6 is 22.0 Å². The van der Waals surface area contributed by atoms with Crippen molar-refractivity contribution in [1.82, 2.24) is 4.72 Å². The van der Waals surface area contributed by atoms with E-state index in [1.165, 1.54) is 19.1 Å². The van der Waals surface area contributed by atoms with E-state index in [0.29, 0.717) is 4.88 Å². The zero-order valence-corrected chi connectivity index (χ0v) is 11.5. The summed E-state index contributed by atoms with van der Waals surface area (Å²) in [6.45, 7) is 1.60. The topological polar surface area (TPSA) is 80.3 Å². The normalized spacial score (nSPS) is 12.9. The van der Waals surface area contributed by atoms with Crippen molar-refractivity contribution in [3.05, 3.63) is 17.0 Å². The van der Waals surface area contributed by atoms with Crippen LogP contribution < -0.4 is 4.72 Å². The highest BCUT2D eigenvalue weighted by molar-refractivity contribution is 8.15. The van der Waals surface area contributed by atoms with Crippen LogP contribution in [0.1, 0.15) is 11.8 Å². The van der Waals surface area contributed by atoms with E-state index in [1.54, 1.807) is 0 Å². The van der Waals surface area contributed by atoms with Crippen molar-refractivity contribution in [3.8, 4) is 0 Å². The van der Waals surface area contributed by atoms with E-state index >= 15 is 0 Å². The van der Waals surface area contributed by atoms with Gasteiger partial charge in [0.25, 0.3) is 9.05 Å². The molecule has 0 bridgehead atoms. The van der Waals surface area contributed by atoms with Crippen molar-refractivity contribution in [3.63, 3.8) is 0 Å². The van der Waals surface area contributed by atoms with E-state index in [4.69, 9.17) is 10.7 Å². The molecule has 16 heavy (non-hydrogen) atoms. The molecule has 0 aliphatic heterocycles. The van der Waals surface area contributed by atoms with Crippen molar-refractivity contribution >= 4 is 41.1 Å². The minimum atomic E-state index is -3.73. The third kappa shape index (κ3) is 4.02. The Morgan fingerprint density at radius 2 is 1.94 bits per heavy atom. The van der Waals surface area contributed by atoms with Gasteiger partial charge in [-0.2, -0.15) is 0 Å². The second-order valence-electron chi connectivity index (χ2n) is 2.88. The van der Waals surface area contributed by atoms with Gasteiger partial charge in [0.2, 0.25) is 10.0 Å². The van der Waals surface area contributed by atoms with Crippen LogP contribution in [0, 0.1) is 0 Å². The van der Waals surface area contributed by atoms with E-state index in [0.717, 1.165) is 11.3 Å². The van der Waals surface area contributed by atoms with E-state index < -0.39 is 19.1 Å². The first kappa shape index (κ1) is 13.9. The molecule has 0 saturated carbocycles. The lowest BCUT2D eigenvalue weighted by atomic mass is 10.5. The molecule has 9 heteroatoms. The Kier molecular flexibility index (Phi) is 4.35. The standard InChI is InChI=1S/C7H10ClNO4S3/c1-2-15(10,11)9-5-6-3-4-7(14-6)16(8,12)13/h3-4,9H,2,5H2,1H3. The maximum absolute atomic E-state index is 11.1. The van der Waals surface area contributed by atoms with Gasteiger partial charge in [-0.3, -0.25) is 0 Å². The summed E-state index contributed by atoms with van der Waals surface area (Å²) in [5.74, 6) is -0.0148. The van der Waals surface area contributed by atoms with Gasteiger partial charge >= 0.3 is 0 Å². The SMILES string of the molecule is CCS(=O)(=O)NCc1ccc(S(=O)(=O)Cl)s1. The summed E-state index contributed by atoms with van der Waals surface area (Å²) in [7, 11) is -1.86. The molecular weight excluding hydrogens is 294 g/mol. The van der Waals surface area contributed by atoms with Crippen LogP contribution in [-0.2, 0) is 25.6 Å². The molecule has 1 heterocycles. The van der Waals surface area contributed by atoms with Gasteiger partial charge in [0.05, 0.1) is 5.75 Å². The summed E-state index contributed by atoms with van der Waals surface area (Å²) in [5.41, 5.74) is 0. The molecule has 0 radical (unpaired) electrons. The fourth-order valence-electron chi connectivity index (χ4n) is 0.867. The Morgan fingerprint density at radius 3 is 2.38 bits per heavy atom. The number of nitrogens with one attached hydrogen (secondary N) is 1. The first-order valence-corrected chi connectivity index (χ1v) is 9.03. The first-order chi connectivity index (χ1) is 7.24. The van der Waals surface area contributed by atoms with Crippen LogP contribution in [0.4, 0.5) is 0 Å². The van der Waals surface area contributed by atoms with Crippen molar-refractivity contribution in [2.45, 2.75) is 17.7 Å². The number of hydrogen-bond donors (Lipinski definition) is 1. The molecule has 0 saturated heterocycles. The van der Waals surface area contributed by atoms with Gasteiger partial charge in [-0.05, 0) is 19.1 Å². The first-order valence-electron chi connectivity index (χ1n) is 4.25. The van der Waals surface area contributed by atoms with Gasteiger partial charge in [-0.1, -0.05) is 0 Å². The number of hydrogen-bond acceptors (Lipinski definition) is 5. The molecule has 0 aliphatic rings. The molecule has 1 rings (SSSR count). The molecule has 1 aromatic heterocycles. The molecule has 92 valence electrons. The molecule has 0 aliphatic carbocycles. The largest absolute Gasteiger partial charge is 0.270 e. The van der Waals surface area contributed by atoms with Gasteiger partial charge in [0.1, 0.15) is 4.21 Å². The highest BCUT2D eigenvalue weighted by Gasteiger charge is 2.14. The van der Waals surface area contributed by atoms with Crippen LogP contribution in [-0.4, -0.2) is 22.6 Å². The third-order valence-electron chi connectivity index (χ3n) is 1.72. The van der Waals surface area contributed by atoms with Crippen LogP contribution in [0.25, 0.3) is 0 Å². The Morgan fingerprint density at radius 1 is 1.31 bits per heavy atom. The summed E-state index contributed by atoms with van der Waals surface area (Å²) in [6.07, 6.45) is 0. The predicted octanol–water partition coefficient (Wildman–Crippen LogP) is 1.11. The second kappa shape index (κ2) is 5.01. The van der Waals surface area contributed by atoms with Crippen molar-refractivity contribution in [2.75, 3.05) is 5.75 Å². The lowest BCUT2D eigenvalue weighted by Gasteiger charge is -2.01. The van der Waals surface area contributed by atoms with Crippen molar-refractivity contribution in [1.29, 1.82) is 0 Å². The number of sulfonamides is 1. The third-order valence-corrected chi connectivity index (χ3v) is 6.25. The minimum Gasteiger partial charge on any atom is -0.212 e. The predicted molar refractivity (Wildman–Crippen MR) is 63.7 cm³/mol. The molecule has 0 unspecified atom stereocenters. The smallest absolute Gasteiger partial charge is 0.212 e. The monoisotopic (exact) mass is 303 g/mol. The number of halogens is 1. The molecule has 0 aromatic carbocycles. The Bertz CT molecular complexity index is 560. The molecule has 0 spiro atoms. The van der Waals surface area contributed by atoms with E-state index in [2.05, 4.69) is 4.72 Å². The Balaban J connectivity index is 2.75. The van der Waals surface area contributed by atoms with E-state index in [-0.39, 0.29) is 16.5 Å². The molecular formula is C7H10ClNO4S3. The van der Waals surface area contributed by atoms with Crippen LogP contribution in [0.5, 0.6) is 0 Å². The van der Waals surface area contributed by atoms with Crippen molar-refractivity contribution < 1.29 is 16.8 Å². The van der Waals surface area contributed by atoms with Gasteiger partial charge in [-0.25, -0.2) is 21.6 Å². The lowest BCUT2D eigenvalue weighted by Crippen LogP contribution is -2.24. The highest BCUT2D eigenvalue weighted by Crippen LogP contribution is 2.24. The molecule has 1 N–H and O–H groups in total. The minimum absolute atomic E-state index is 0.0138. The maximum atomic E-state index is 11.1. The highest BCUT2D eigenvalue weighted by atomic mass is 35.7. The second-order valence-corrected chi connectivity index (χ2v) is 8.94. The van der Waals surface area contributed by atoms with Crippen LogP contribution in [0.15, 0.2) is 16.3 Å². The number of thiophene rings is 1. The summed E-state index contributed by atoms with van der Waals surface area (Å²) >= 11 is 0.944. The molecule has 1 aromatic rings. The summed E-state index contributed by atoms with van der Waals surface area (Å²) in [6, 6.07) is 2.88. The van der Waals surface area contributed by atoms with E-state index in [9.17, 15) is 16.8 Å². The van der Waals surface area contributed by atoms with Crippen LogP contribution in [0.2, 0.25) is 0 Å². The Labute approximate surface area is 103 Å². The average molecular weight is 304 g/mol. The molecule has 5 nitrogen and oxygen atoms in total. The van der Waals surface area contributed by atoms with E-state index in [1.807, 2.05) is 0 Å². The fourth-order valence-corrected chi connectivity index (χ4v) is 3.60. The zero-order chi connectivity index (χ0) is 12.4. The maximum Gasteiger partial charge on any atom is 0.270 e.